The Morgan fingerprint density at radius 3 is 2.63 bits per heavy atom. The first-order valence-electron chi connectivity index (χ1n) is 6.19. The van der Waals surface area contributed by atoms with Gasteiger partial charge in [-0.3, -0.25) is 10.1 Å². The number of nitrogens with zero attached hydrogens (tertiary/aromatic N) is 1. The van der Waals surface area contributed by atoms with Crippen LogP contribution in [0.1, 0.15) is 19.8 Å². The Bertz CT molecular complexity index is 417. The molecule has 0 spiro atoms. The molecule has 0 fully saturated rings. The lowest BCUT2D eigenvalue weighted by atomic mass is 10.1. The summed E-state index contributed by atoms with van der Waals surface area (Å²) in [5, 5.41) is 14.1. The van der Waals surface area contributed by atoms with Gasteiger partial charge in [-0.2, -0.15) is 0 Å². The molecular formula is C13H20N2O4. The number of nitro benzene ring substituents is 1. The van der Waals surface area contributed by atoms with E-state index in [-0.39, 0.29) is 11.7 Å². The molecule has 0 radical (unpaired) electrons. The first kappa shape index (κ1) is 15.2. The minimum atomic E-state index is -0.432. The molecule has 0 aliphatic rings. The molecule has 1 N–H and O–H groups in total. The number of benzene rings is 1. The van der Waals surface area contributed by atoms with Crippen LogP contribution in [-0.4, -0.2) is 31.8 Å². The summed E-state index contributed by atoms with van der Waals surface area (Å²) in [5.74, 6) is 0.462. The van der Waals surface area contributed by atoms with Crippen LogP contribution in [0, 0.1) is 10.1 Å². The van der Waals surface area contributed by atoms with E-state index in [1.54, 1.807) is 13.2 Å². The molecule has 6 heteroatoms. The lowest BCUT2D eigenvalue weighted by Crippen LogP contribution is -2.24. The van der Waals surface area contributed by atoms with Crippen LogP contribution in [0.15, 0.2) is 18.2 Å². The third-order valence-corrected chi connectivity index (χ3v) is 2.71. The van der Waals surface area contributed by atoms with E-state index in [9.17, 15) is 10.1 Å². The molecule has 0 heterocycles. The number of non-ortho nitro benzene ring substituents is 1. The molecule has 0 aliphatic carbocycles. The summed E-state index contributed by atoms with van der Waals surface area (Å²) in [6.07, 6.45) is 1.94. The molecule has 1 rings (SSSR count). The van der Waals surface area contributed by atoms with Gasteiger partial charge in [0.2, 0.25) is 0 Å². The Morgan fingerprint density at radius 1 is 1.37 bits per heavy atom. The summed E-state index contributed by atoms with van der Waals surface area (Å²) >= 11 is 0. The predicted molar refractivity (Wildman–Crippen MR) is 73.8 cm³/mol. The van der Waals surface area contributed by atoms with E-state index < -0.39 is 4.92 Å². The standard InChI is InChI=1S/C13H20N2O4/c1-4-5-10(9-18-2)14-11-6-12(15(16)17)8-13(7-11)19-3/h6-8,10,14H,4-5,9H2,1-3H3. The molecule has 106 valence electrons. The van der Waals surface area contributed by atoms with Crippen molar-refractivity contribution in [2.75, 3.05) is 26.1 Å². The summed E-state index contributed by atoms with van der Waals surface area (Å²) in [4.78, 5) is 10.4. The lowest BCUT2D eigenvalue weighted by molar-refractivity contribution is -0.384. The molecule has 1 unspecified atom stereocenters. The maximum Gasteiger partial charge on any atom is 0.275 e. The van der Waals surface area contributed by atoms with Gasteiger partial charge in [-0.05, 0) is 6.42 Å². The highest BCUT2D eigenvalue weighted by molar-refractivity contribution is 5.56. The van der Waals surface area contributed by atoms with Crippen LogP contribution in [0.3, 0.4) is 0 Å². The van der Waals surface area contributed by atoms with Crippen LogP contribution in [0.2, 0.25) is 0 Å². The van der Waals surface area contributed by atoms with Gasteiger partial charge in [-0.15, -0.1) is 0 Å². The van der Waals surface area contributed by atoms with Gasteiger partial charge in [-0.1, -0.05) is 13.3 Å². The first-order valence-corrected chi connectivity index (χ1v) is 6.19. The van der Waals surface area contributed by atoms with Gasteiger partial charge in [0.25, 0.3) is 5.69 Å². The average Bonchev–Trinajstić information content (AvgIpc) is 2.38. The highest BCUT2D eigenvalue weighted by Gasteiger charge is 2.13. The molecule has 19 heavy (non-hydrogen) atoms. The second kappa shape index (κ2) is 7.58. The van der Waals surface area contributed by atoms with E-state index in [1.807, 2.05) is 0 Å². The molecule has 1 aromatic carbocycles. The van der Waals surface area contributed by atoms with Gasteiger partial charge < -0.3 is 14.8 Å². The lowest BCUT2D eigenvalue weighted by Gasteiger charge is -2.18. The Kier molecular flexibility index (Phi) is 6.08. The zero-order valence-electron chi connectivity index (χ0n) is 11.5. The molecule has 0 saturated carbocycles. The topological polar surface area (TPSA) is 73.6 Å². The minimum absolute atomic E-state index is 0.00881. The van der Waals surface area contributed by atoms with Crippen LogP contribution in [0.5, 0.6) is 5.75 Å². The van der Waals surface area contributed by atoms with Crippen molar-refractivity contribution in [3.63, 3.8) is 0 Å². The maximum absolute atomic E-state index is 10.9. The van der Waals surface area contributed by atoms with Crippen molar-refractivity contribution in [1.82, 2.24) is 0 Å². The van der Waals surface area contributed by atoms with Crippen LogP contribution >= 0.6 is 0 Å². The third-order valence-electron chi connectivity index (χ3n) is 2.71. The van der Waals surface area contributed by atoms with Gasteiger partial charge in [0.05, 0.1) is 24.7 Å². The monoisotopic (exact) mass is 268 g/mol. The summed E-state index contributed by atoms with van der Waals surface area (Å²) in [6, 6.07) is 4.77. The number of rotatable bonds is 8. The van der Waals surface area contributed by atoms with Gasteiger partial charge >= 0.3 is 0 Å². The molecular weight excluding hydrogens is 248 g/mol. The van der Waals surface area contributed by atoms with Crippen LogP contribution in [0.25, 0.3) is 0 Å². The van der Waals surface area contributed by atoms with E-state index in [1.165, 1.54) is 19.2 Å². The van der Waals surface area contributed by atoms with Crippen molar-refractivity contribution in [1.29, 1.82) is 0 Å². The zero-order chi connectivity index (χ0) is 14.3. The van der Waals surface area contributed by atoms with Crippen molar-refractivity contribution in [3.8, 4) is 5.75 Å². The quantitative estimate of drug-likeness (QED) is 0.579. The highest BCUT2D eigenvalue weighted by atomic mass is 16.6. The van der Waals surface area contributed by atoms with E-state index in [2.05, 4.69) is 12.2 Å². The SMILES string of the molecule is CCCC(COC)Nc1cc(OC)cc([N+](=O)[O-])c1. The molecule has 0 aromatic heterocycles. The Morgan fingerprint density at radius 2 is 2.11 bits per heavy atom. The number of hydrogen-bond acceptors (Lipinski definition) is 5. The molecule has 0 bridgehead atoms. The van der Waals surface area contributed by atoms with Crippen LogP contribution in [0.4, 0.5) is 11.4 Å². The van der Waals surface area contributed by atoms with Gasteiger partial charge in [0.15, 0.2) is 0 Å². The Hall–Kier alpha value is -1.82. The van der Waals surface area contributed by atoms with Crippen molar-refractivity contribution in [3.05, 3.63) is 28.3 Å². The molecule has 6 nitrogen and oxygen atoms in total. The van der Waals surface area contributed by atoms with Gasteiger partial charge in [-0.25, -0.2) is 0 Å². The smallest absolute Gasteiger partial charge is 0.275 e. The second-order valence-corrected chi connectivity index (χ2v) is 4.26. The largest absolute Gasteiger partial charge is 0.496 e. The third kappa shape index (κ3) is 4.75. The van der Waals surface area contributed by atoms with Crippen molar-refractivity contribution >= 4 is 11.4 Å². The second-order valence-electron chi connectivity index (χ2n) is 4.26. The predicted octanol–water partition coefficient (Wildman–Crippen LogP) is 2.83. The highest BCUT2D eigenvalue weighted by Crippen LogP contribution is 2.26. The van der Waals surface area contributed by atoms with E-state index in [0.29, 0.717) is 18.0 Å². The van der Waals surface area contributed by atoms with Gasteiger partial charge in [0.1, 0.15) is 5.75 Å². The fourth-order valence-corrected chi connectivity index (χ4v) is 1.87. The summed E-state index contributed by atoms with van der Waals surface area (Å²) in [6.45, 7) is 2.64. The Labute approximate surface area is 112 Å². The van der Waals surface area contributed by atoms with Crippen molar-refractivity contribution < 1.29 is 14.4 Å². The van der Waals surface area contributed by atoms with Crippen LogP contribution < -0.4 is 10.1 Å². The van der Waals surface area contributed by atoms with E-state index in [4.69, 9.17) is 9.47 Å². The first-order chi connectivity index (χ1) is 9.10. The molecule has 0 saturated heterocycles. The normalized spacial score (nSPS) is 11.9. The summed E-state index contributed by atoms with van der Waals surface area (Å²) < 4.78 is 10.2. The molecule has 1 aromatic rings. The summed E-state index contributed by atoms with van der Waals surface area (Å²) in [5.41, 5.74) is 0.677. The molecule has 0 aliphatic heterocycles. The maximum atomic E-state index is 10.9. The summed E-state index contributed by atoms with van der Waals surface area (Å²) in [7, 11) is 3.12. The minimum Gasteiger partial charge on any atom is -0.496 e. The number of nitrogens with one attached hydrogen (secondary N) is 1. The number of anilines is 1. The van der Waals surface area contributed by atoms with E-state index >= 15 is 0 Å². The van der Waals surface area contributed by atoms with Gasteiger partial charge in [0, 0.05) is 31.0 Å². The number of hydrogen-bond donors (Lipinski definition) is 1. The fraction of sp³-hybridized carbons (Fsp3) is 0.538. The number of ether oxygens (including phenoxy) is 2. The van der Waals surface area contributed by atoms with Crippen LogP contribution in [-0.2, 0) is 4.74 Å². The zero-order valence-corrected chi connectivity index (χ0v) is 11.5. The van der Waals surface area contributed by atoms with Crippen molar-refractivity contribution in [2.24, 2.45) is 0 Å². The average molecular weight is 268 g/mol. The Balaban J connectivity index is 2.91. The molecule has 0 amide bonds. The number of nitro groups is 1. The van der Waals surface area contributed by atoms with E-state index in [0.717, 1.165) is 12.8 Å². The molecule has 1 atom stereocenters. The number of methoxy groups -OCH3 is 2. The fourth-order valence-electron chi connectivity index (χ4n) is 1.87. The van der Waals surface area contributed by atoms with Crippen molar-refractivity contribution in [2.45, 2.75) is 25.8 Å².